The minimum atomic E-state index is -0.473. The second-order valence-corrected chi connectivity index (χ2v) is 6.25. The summed E-state index contributed by atoms with van der Waals surface area (Å²) in [6.45, 7) is 13.0. The van der Waals surface area contributed by atoms with E-state index in [4.69, 9.17) is 4.74 Å². The highest BCUT2D eigenvalue weighted by atomic mass is 16.5. The molecule has 17 heavy (non-hydrogen) atoms. The first-order chi connectivity index (χ1) is 7.87. The van der Waals surface area contributed by atoms with E-state index in [0.29, 0.717) is 18.2 Å². The van der Waals surface area contributed by atoms with Crippen LogP contribution in [0.4, 0.5) is 0 Å². The van der Waals surface area contributed by atoms with E-state index in [1.807, 2.05) is 6.92 Å². The van der Waals surface area contributed by atoms with Crippen LogP contribution in [-0.2, 0) is 4.74 Å². The summed E-state index contributed by atoms with van der Waals surface area (Å²) in [4.78, 5) is 4.70. The molecule has 2 heterocycles. The fourth-order valence-electron chi connectivity index (χ4n) is 2.52. The van der Waals surface area contributed by atoms with Crippen LogP contribution in [0.1, 0.15) is 27.7 Å². The Hall–Kier alpha value is -0.160. The third kappa shape index (κ3) is 3.19. The quantitative estimate of drug-likeness (QED) is 0.764. The van der Waals surface area contributed by atoms with E-state index in [1.54, 1.807) is 0 Å². The smallest absolute Gasteiger partial charge is 0.0872 e. The van der Waals surface area contributed by atoms with E-state index < -0.39 is 5.60 Å². The van der Waals surface area contributed by atoms with E-state index >= 15 is 0 Å². The first-order valence-corrected chi connectivity index (χ1v) is 6.69. The maximum absolute atomic E-state index is 9.67. The van der Waals surface area contributed by atoms with Crippen LogP contribution >= 0.6 is 0 Å². The van der Waals surface area contributed by atoms with Crippen LogP contribution in [-0.4, -0.2) is 71.5 Å². The minimum Gasteiger partial charge on any atom is -0.388 e. The molecule has 1 unspecified atom stereocenters. The van der Waals surface area contributed by atoms with E-state index in [0.717, 1.165) is 32.8 Å². The van der Waals surface area contributed by atoms with E-state index in [2.05, 4.69) is 30.6 Å². The standard InChI is InChI=1S/C13H26N2O2/c1-10(2)14-5-12(6-14)17-7-11(3)15-8-13(4,16)9-15/h10-12,16H,5-9H2,1-4H3. The van der Waals surface area contributed by atoms with Gasteiger partial charge in [-0.15, -0.1) is 0 Å². The zero-order valence-corrected chi connectivity index (χ0v) is 11.5. The van der Waals surface area contributed by atoms with Crippen LogP contribution in [0.2, 0.25) is 0 Å². The predicted octanol–water partition coefficient (Wildman–Crippen LogP) is 0.551. The summed E-state index contributed by atoms with van der Waals surface area (Å²) in [6, 6.07) is 1.06. The summed E-state index contributed by atoms with van der Waals surface area (Å²) in [5.74, 6) is 0. The average Bonchev–Trinajstić information content (AvgIpc) is 2.10. The Morgan fingerprint density at radius 1 is 1.24 bits per heavy atom. The molecule has 0 aromatic heterocycles. The molecular weight excluding hydrogens is 216 g/mol. The monoisotopic (exact) mass is 242 g/mol. The molecule has 2 saturated heterocycles. The van der Waals surface area contributed by atoms with Crippen molar-refractivity contribution in [2.24, 2.45) is 0 Å². The SMILES string of the molecule is CC(C)N1CC(OCC(C)N2CC(C)(O)C2)C1. The lowest BCUT2D eigenvalue weighted by atomic mass is 9.95. The molecule has 1 atom stereocenters. The Labute approximate surface area is 105 Å². The van der Waals surface area contributed by atoms with Gasteiger partial charge < -0.3 is 9.84 Å². The topological polar surface area (TPSA) is 35.9 Å². The molecule has 4 nitrogen and oxygen atoms in total. The van der Waals surface area contributed by atoms with Gasteiger partial charge in [0, 0.05) is 38.3 Å². The van der Waals surface area contributed by atoms with Crippen LogP contribution in [0, 0.1) is 0 Å². The Morgan fingerprint density at radius 2 is 1.82 bits per heavy atom. The summed E-state index contributed by atoms with van der Waals surface area (Å²) in [7, 11) is 0. The number of ether oxygens (including phenoxy) is 1. The van der Waals surface area contributed by atoms with Gasteiger partial charge in [0.2, 0.25) is 0 Å². The average molecular weight is 242 g/mol. The Balaban J connectivity index is 1.58. The number of rotatable bonds is 5. The highest BCUT2D eigenvalue weighted by molar-refractivity contribution is 4.94. The Morgan fingerprint density at radius 3 is 2.29 bits per heavy atom. The number of β-amino-alcohol motifs (C(OH)–C–C–N with tert-alkyl or cyclic N) is 1. The van der Waals surface area contributed by atoms with Gasteiger partial charge in [-0.25, -0.2) is 0 Å². The molecule has 0 aliphatic carbocycles. The first kappa shape index (κ1) is 13.3. The highest BCUT2D eigenvalue weighted by Gasteiger charge is 2.39. The van der Waals surface area contributed by atoms with Crippen molar-refractivity contribution in [3.05, 3.63) is 0 Å². The first-order valence-electron chi connectivity index (χ1n) is 6.69. The molecule has 0 aromatic rings. The van der Waals surface area contributed by atoms with Crippen molar-refractivity contribution >= 4 is 0 Å². The summed E-state index contributed by atoms with van der Waals surface area (Å²) in [6.07, 6.45) is 0.418. The molecule has 0 radical (unpaired) electrons. The number of nitrogens with zero attached hydrogens (tertiary/aromatic N) is 2. The fraction of sp³-hybridized carbons (Fsp3) is 1.00. The van der Waals surface area contributed by atoms with Crippen molar-refractivity contribution in [2.75, 3.05) is 32.8 Å². The molecule has 0 amide bonds. The van der Waals surface area contributed by atoms with E-state index in [9.17, 15) is 5.11 Å². The van der Waals surface area contributed by atoms with Crippen molar-refractivity contribution in [3.63, 3.8) is 0 Å². The third-order valence-electron chi connectivity index (χ3n) is 3.89. The number of aliphatic hydroxyl groups is 1. The van der Waals surface area contributed by atoms with Gasteiger partial charge in [0.25, 0.3) is 0 Å². The summed E-state index contributed by atoms with van der Waals surface area (Å²) in [5.41, 5.74) is -0.473. The molecule has 2 aliphatic rings. The maximum Gasteiger partial charge on any atom is 0.0872 e. The zero-order chi connectivity index (χ0) is 12.6. The maximum atomic E-state index is 9.67. The van der Waals surface area contributed by atoms with Gasteiger partial charge in [-0.2, -0.15) is 0 Å². The van der Waals surface area contributed by atoms with Crippen LogP contribution in [0.5, 0.6) is 0 Å². The largest absolute Gasteiger partial charge is 0.388 e. The lowest BCUT2D eigenvalue weighted by Gasteiger charge is -2.48. The lowest BCUT2D eigenvalue weighted by molar-refractivity contribution is -0.128. The van der Waals surface area contributed by atoms with Gasteiger partial charge in [-0.3, -0.25) is 9.80 Å². The molecule has 1 N–H and O–H groups in total. The fourth-order valence-corrected chi connectivity index (χ4v) is 2.52. The highest BCUT2D eigenvalue weighted by Crippen LogP contribution is 2.23. The predicted molar refractivity (Wildman–Crippen MR) is 68.1 cm³/mol. The van der Waals surface area contributed by atoms with Crippen molar-refractivity contribution < 1.29 is 9.84 Å². The molecule has 0 aromatic carbocycles. The molecule has 2 rings (SSSR count). The molecule has 0 spiro atoms. The molecule has 4 heteroatoms. The second-order valence-electron chi connectivity index (χ2n) is 6.25. The Kier molecular flexibility index (Phi) is 3.78. The van der Waals surface area contributed by atoms with E-state index in [1.165, 1.54) is 0 Å². The van der Waals surface area contributed by atoms with Gasteiger partial charge in [0.1, 0.15) is 0 Å². The Bertz CT molecular complexity index is 254. The van der Waals surface area contributed by atoms with Gasteiger partial charge >= 0.3 is 0 Å². The van der Waals surface area contributed by atoms with Crippen molar-refractivity contribution in [2.45, 2.75) is 51.5 Å². The van der Waals surface area contributed by atoms with Crippen LogP contribution in [0.25, 0.3) is 0 Å². The summed E-state index contributed by atoms with van der Waals surface area (Å²) >= 11 is 0. The van der Waals surface area contributed by atoms with Crippen LogP contribution in [0.15, 0.2) is 0 Å². The van der Waals surface area contributed by atoms with Crippen LogP contribution in [0.3, 0.4) is 0 Å². The molecule has 0 saturated carbocycles. The summed E-state index contributed by atoms with van der Waals surface area (Å²) in [5, 5.41) is 9.67. The number of hydrogen-bond donors (Lipinski definition) is 1. The van der Waals surface area contributed by atoms with Gasteiger partial charge in [-0.05, 0) is 27.7 Å². The minimum absolute atomic E-state index is 0.418. The number of likely N-dealkylation sites (tertiary alicyclic amines) is 2. The molecular formula is C13H26N2O2. The molecule has 2 fully saturated rings. The lowest BCUT2D eigenvalue weighted by Crippen LogP contribution is -2.63. The molecule has 0 bridgehead atoms. The van der Waals surface area contributed by atoms with Crippen molar-refractivity contribution in [3.8, 4) is 0 Å². The normalized spacial score (nSPS) is 27.9. The third-order valence-corrected chi connectivity index (χ3v) is 3.89. The molecule has 100 valence electrons. The van der Waals surface area contributed by atoms with Gasteiger partial charge in [0.15, 0.2) is 0 Å². The van der Waals surface area contributed by atoms with Crippen molar-refractivity contribution in [1.82, 2.24) is 9.80 Å². The second kappa shape index (κ2) is 4.84. The summed E-state index contributed by atoms with van der Waals surface area (Å²) < 4.78 is 5.88. The number of hydrogen-bond acceptors (Lipinski definition) is 4. The zero-order valence-electron chi connectivity index (χ0n) is 11.5. The van der Waals surface area contributed by atoms with Crippen LogP contribution < -0.4 is 0 Å². The van der Waals surface area contributed by atoms with Gasteiger partial charge in [-0.1, -0.05) is 0 Å². The van der Waals surface area contributed by atoms with E-state index in [-0.39, 0.29) is 0 Å². The van der Waals surface area contributed by atoms with Gasteiger partial charge in [0.05, 0.1) is 18.3 Å². The van der Waals surface area contributed by atoms with Crippen molar-refractivity contribution in [1.29, 1.82) is 0 Å². The molecule has 2 aliphatic heterocycles.